The molecule has 0 aliphatic rings. The van der Waals surface area contributed by atoms with Crippen LogP contribution in [0.1, 0.15) is 0 Å². The molecule has 94 valence electrons. The minimum Gasteiger partial charge on any atom is -0.338 e. The van der Waals surface area contributed by atoms with Crippen molar-refractivity contribution in [3.8, 4) is 22.8 Å². The molecule has 0 unspecified atom stereocenters. The van der Waals surface area contributed by atoms with E-state index in [1.54, 1.807) is 12.5 Å². The van der Waals surface area contributed by atoms with E-state index in [1.807, 2.05) is 48.0 Å². The van der Waals surface area contributed by atoms with Crippen molar-refractivity contribution in [3.05, 3.63) is 53.6 Å². The first-order valence-electron chi connectivity index (χ1n) is 5.87. The molecule has 0 spiro atoms. The molecule has 0 bridgehead atoms. The predicted molar refractivity (Wildman–Crippen MR) is 77.1 cm³/mol. The van der Waals surface area contributed by atoms with Crippen molar-refractivity contribution in [1.82, 2.24) is 19.5 Å². The second-order valence-electron chi connectivity index (χ2n) is 4.24. The van der Waals surface area contributed by atoms with E-state index >= 15 is 0 Å². The lowest BCUT2D eigenvalue weighted by Crippen LogP contribution is -1.97. The predicted octanol–water partition coefficient (Wildman–Crippen LogP) is 3.21. The Balaban J connectivity index is 2.17. The van der Waals surface area contributed by atoms with Crippen LogP contribution in [0.5, 0.6) is 0 Å². The van der Waals surface area contributed by atoms with Crippen LogP contribution in [0.2, 0.25) is 0 Å². The maximum atomic E-state index is 5.24. The first-order chi connectivity index (χ1) is 9.24. The van der Waals surface area contributed by atoms with Gasteiger partial charge in [0.15, 0.2) is 5.82 Å². The molecule has 3 rings (SSSR count). The molecule has 19 heavy (non-hydrogen) atoms. The van der Waals surface area contributed by atoms with Crippen LogP contribution in [0.15, 0.2) is 48.9 Å². The Labute approximate surface area is 115 Å². The summed E-state index contributed by atoms with van der Waals surface area (Å²) in [7, 11) is 1.93. The average molecular weight is 268 g/mol. The highest BCUT2D eigenvalue weighted by atomic mass is 32.1. The maximum absolute atomic E-state index is 5.24. The molecule has 0 radical (unpaired) electrons. The minimum atomic E-state index is 0.564. The van der Waals surface area contributed by atoms with Gasteiger partial charge in [-0.1, -0.05) is 42.5 Å². The van der Waals surface area contributed by atoms with Gasteiger partial charge in [-0.25, -0.2) is 9.97 Å². The summed E-state index contributed by atoms with van der Waals surface area (Å²) in [4.78, 5) is 11.8. The van der Waals surface area contributed by atoms with Gasteiger partial charge in [-0.2, -0.15) is 0 Å². The van der Waals surface area contributed by atoms with Crippen LogP contribution < -0.4 is 0 Å². The van der Waals surface area contributed by atoms with Crippen LogP contribution in [0.3, 0.4) is 0 Å². The first-order valence-corrected chi connectivity index (χ1v) is 6.28. The van der Waals surface area contributed by atoms with E-state index in [-0.39, 0.29) is 0 Å². The third kappa shape index (κ3) is 2.32. The highest BCUT2D eigenvalue weighted by Crippen LogP contribution is 2.20. The Morgan fingerprint density at radius 3 is 2.68 bits per heavy atom. The van der Waals surface area contributed by atoms with Gasteiger partial charge in [0.1, 0.15) is 10.3 Å². The number of aryl methyl sites for hydroxylation is 1. The topological polar surface area (TPSA) is 46.5 Å². The molecule has 2 aromatic heterocycles. The van der Waals surface area contributed by atoms with E-state index in [0.717, 1.165) is 22.8 Å². The SMILES string of the molecule is Cn1cncc1-c1nc(=S)cc(-c2ccccc2)[nH]1. The zero-order chi connectivity index (χ0) is 13.2. The molecule has 1 aromatic carbocycles. The maximum Gasteiger partial charge on any atom is 0.157 e. The third-order valence-electron chi connectivity index (χ3n) is 2.89. The van der Waals surface area contributed by atoms with Gasteiger partial charge in [-0.05, 0) is 11.6 Å². The molecule has 0 aliphatic carbocycles. The summed E-state index contributed by atoms with van der Waals surface area (Å²) in [5, 5.41) is 0. The Bertz CT molecular complexity index is 758. The number of H-pyrrole nitrogens is 1. The van der Waals surface area contributed by atoms with Crippen molar-refractivity contribution in [2.75, 3.05) is 0 Å². The third-order valence-corrected chi connectivity index (χ3v) is 3.10. The fourth-order valence-corrected chi connectivity index (χ4v) is 2.15. The van der Waals surface area contributed by atoms with E-state index in [9.17, 15) is 0 Å². The Morgan fingerprint density at radius 1 is 1.21 bits per heavy atom. The summed E-state index contributed by atoms with van der Waals surface area (Å²) >= 11 is 5.24. The van der Waals surface area contributed by atoms with E-state index in [1.165, 1.54) is 0 Å². The van der Waals surface area contributed by atoms with Crippen LogP contribution in [-0.4, -0.2) is 19.5 Å². The molecule has 0 saturated heterocycles. The van der Waals surface area contributed by atoms with Crippen molar-refractivity contribution in [3.63, 3.8) is 0 Å². The van der Waals surface area contributed by atoms with Crippen LogP contribution >= 0.6 is 12.2 Å². The number of aromatic nitrogens is 4. The molecule has 4 nitrogen and oxygen atoms in total. The number of nitrogens with zero attached hydrogens (tertiary/aromatic N) is 3. The van der Waals surface area contributed by atoms with Gasteiger partial charge in [0.2, 0.25) is 0 Å². The first kappa shape index (κ1) is 11.8. The molecular weight excluding hydrogens is 256 g/mol. The lowest BCUT2D eigenvalue weighted by molar-refractivity contribution is 0.908. The van der Waals surface area contributed by atoms with Crippen molar-refractivity contribution >= 4 is 12.2 Å². The van der Waals surface area contributed by atoms with Crippen LogP contribution in [0.25, 0.3) is 22.8 Å². The number of benzene rings is 1. The number of hydrogen-bond donors (Lipinski definition) is 1. The van der Waals surface area contributed by atoms with Crippen molar-refractivity contribution in [1.29, 1.82) is 0 Å². The molecule has 1 N–H and O–H groups in total. The fourth-order valence-electron chi connectivity index (χ4n) is 1.94. The number of aromatic amines is 1. The molecule has 0 saturated carbocycles. The smallest absolute Gasteiger partial charge is 0.157 e. The van der Waals surface area contributed by atoms with Crippen LogP contribution in [-0.2, 0) is 7.05 Å². The van der Waals surface area contributed by atoms with Gasteiger partial charge >= 0.3 is 0 Å². The normalized spacial score (nSPS) is 10.6. The summed E-state index contributed by atoms with van der Waals surface area (Å²) in [5.41, 5.74) is 2.94. The molecule has 5 heteroatoms. The number of nitrogens with one attached hydrogen (secondary N) is 1. The van der Waals surface area contributed by atoms with Crippen molar-refractivity contribution in [2.24, 2.45) is 7.05 Å². The molecule has 3 aromatic rings. The highest BCUT2D eigenvalue weighted by Gasteiger charge is 2.07. The zero-order valence-corrected chi connectivity index (χ0v) is 11.2. The number of hydrogen-bond acceptors (Lipinski definition) is 3. The molecule has 2 heterocycles. The zero-order valence-electron chi connectivity index (χ0n) is 10.4. The van der Waals surface area contributed by atoms with Crippen LogP contribution in [0, 0.1) is 4.64 Å². The Kier molecular flexibility index (Phi) is 2.97. The molecule has 0 fully saturated rings. The van der Waals surface area contributed by atoms with Crippen molar-refractivity contribution < 1.29 is 0 Å². The van der Waals surface area contributed by atoms with E-state index in [4.69, 9.17) is 12.2 Å². The average Bonchev–Trinajstić information content (AvgIpc) is 2.85. The molecule has 0 aliphatic heterocycles. The Hall–Kier alpha value is -2.27. The Morgan fingerprint density at radius 2 is 2.00 bits per heavy atom. The summed E-state index contributed by atoms with van der Waals surface area (Å²) in [6, 6.07) is 11.9. The summed E-state index contributed by atoms with van der Waals surface area (Å²) < 4.78 is 2.47. The van der Waals surface area contributed by atoms with Gasteiger partial charge in [0.25, 0.3) is 0 Å². The molecule has 0 atom stereocenters. The highest BCUT2D eigenvalue weighted by molar-refractivity contribution is 7.71. The van der Waals surface area contributed by atoms with Gasteiger partial charge in [-0.3, -0.25) is 0 Å². The number of rotatable bonds is 2. The lowest BCUT2D eigenvalue weighted by atomic mass is 10.1. The van der Waals surface area contributed by atoms with E-state index < -0.39 is 0 Å². The monoisotopic (exact) mass is 268 g/mol. The molecular formula is C14H12N4S. The van der Waals surface area contributed by atoms with Gasteiger partial charge in [0, 0.05) is 12.7 Å². The second kappa shape index (κ2) is 4.78. The van der Waals surface area contributed by atoms with Crippen molar-refractivity contribution in [2.45, 2.75) is 0 Å². The van der Waals surface area contributed by atoms with Gasteiger partial charge in [0.05, 0.1) is 12.5 Å². The fraction of sp³-hybridized carbons (Fsp3) is 0.0714. The summed E-state index contributed by atoms with van der Waals surface area (Å²) in [6.45, 7) is 0. The summed E-state index contributed by atoms with van der Waals surface area (Å²) in [6.07, 6.45) is 3.51. The van der Waals surface area contributed by atoms with Crippen LogP contribution in [0.4, 0.5) is 0 Å². The lowest BCUT2D eigenvalue weighted by Gasteiger charge is -2.06. The number of imidazole rings is 1. The standard InChI is InChI=1S/C14H12N4S/c1-18-9-15-8-12(18)14-16-11(7-13(19)17-14)10-5-3-2-4-6-10/h2-9H,1H3,(H,16,17,19). The minimum absolute atomic E-state index is 0.564. The van der Waals surface area contributed by atoms with Gasteiger partial charge < -0.3 is 9.55 Å². The quantitative estimate of drug-likeness (QED) is 0.726. The molecule has 0 amide bonds. The van der Waals surface area contributed by atoms with E-state index in [0.29, 0.717) is 4.64 Å². The van der Waals surface area contributed by atoms with E-state index in [2.05, 4.69) is 15.0 Å². The largest absolute Gasteiger partial charge is 0.338 e. The summed E-state index contributed by atoms with van der Waals surface area (Å²) in [5.74, 6) is 0.728. The van der Waals surface area contributed by atoms with Gasteiger partial charge in [-0.15, -0.1) is 0 Å². The second-order valence-corrected chi connectivity index (χ2v) is 4.66.